The molecule has 2 aromatic rings. The van der Waals surface area contributed by atoms with Gasteiger partial charge in [-0.3, -0.25) is 19.3 Å². The Kier molecular flexibility index (Phi) is 7.37. The molecule has 0 saturated carbocycles. The maximum absolute atomic E-state index is 12.7. The Bertz CT molecular complexity index is 1020. The number of rotatable bonds is 8. The van der Waals surface area contributed by atoms with Crippen molar-refractivity contribution in [3.05, 3.63) is 71.7 Å². The maximum atomic E-state index is 12.7. The molecule has 1 aliphatic rings. The highest BCUT2D eigenvalue weighted by Gasteiger charge is 2.36. The van der Waals surface area contributed by atoms with Crippen molar-refractivity contribution in [3.8, 4) is 5.75 Å². The van der Waals surface area contributed by atoms with E-state index in [0.29, 0.717) is 18.0 Å². The van der Waals surface area contributed by atoms with E-state index in [4.69, 9.17) is 4.74 Å². The molecule has 3 amide bonds. The van der Waals surface area contributed by atoms with E-state index >= 15 is 0 Å². The first kappa shape index (κ1) is 21.7. The van der Waals surface area contributed by atoms with E-state index in [-0.39, 0.29) is 11.4 Å². The molecule has 2 aromatic carbocycles. The van der Waals surface area contributed by atoms with Crippen molar-refractivity contribution in [2.24, 2.45) is 0 Å². The Morgan fingerprint density at radius 1 is 1.23 bits per heavy atom. The molecule has 8 heteroatoms. The van der Waals surface area contributed by atoms with Crippen molar-refractivity contribution < 1.29 is 19.1 Å². The summed E-state index contributed by atoms with van der Waals surface area (Å²) in [6.45, 7) is 3.64. The van der Waals surface area contributed by atoms with Crippen LogP contribution in [0.2, 0.25) is 0 Å². The topological polar surface area (TPSA) is 75.7 Å². The van der Waals surface area contributed by atoms with Gasteiger partial charge in [0.2, 0.25) is 5.91 Å². The van der Waals surface area contributed by atoms with Gasteiger partial charge in [0.15, 0.2) is 0 Å². The summed E-state index contributed by atoms with van der Waals surface area (Å²) in [5.41, 5.74) is 1.34. The summed E-state index contributed by atoms with van der Waals surface area (Å²) in [6, 6.07) is 14.5. The zero-order valence-corrected chi connectivity index (χ0v) is 17.9. The second-order valence-electron chi connectivity index (χ2n) is 6.22. The summed E-state index contributed by atoms with van der Waals surface area (Å²) < 4.78 is 5.48. The molecule has 0 aromatic heterocycles. The lowest BCUT2D eigenvalue weighted by Gasteiger charge is -2.12. The van der Waals surface area contributed by atoms with Crippen LogP contribution in [-0.4, -0.2) is 41.4 Å². The standard InChI is InChI=1S/C22H20N2O4S2/c1-3-10-28-17-8-4-6-15(11-17)12-19-21(26)24(22(27)30-19)14-20(25)23-16-7-5-9-18(13-16)29-2/h3-9,11-13H,1,10,14H2,2H3,(H,23,25)/b19-12+. The van der Waals surface area contributed by atoms with Crippen LogP contribution < -0.4 is 10.1 Å². The van der Waals surface area contributed by atoms with Gasteiger partial charge in [-0.2, -0.15) is 0 Å². The summed E-state index contributed by atoms with van der Waals surface area (Å²) in [5.74, 6) is -0.290. The van der Waals surface area contributed by atoms with Gasteiger partial charge in [-0.1, -0.05) is 30.9 Å². The van der Waals surface area contributed by atoms with Crippen LogP contribution in [0.3, 0.4) is 0 Å². The van der Waals surface area contributed by atoms with Crippen LogP contribution in [0.15, 0.2) is 71.0 Å². The quantitative estimate of drug-likeness (QED) is 0.366. The average Bonchev–Trinajstić information content (AvgIpc) is 3.00. The van der Waals surface area contributed by atoms with Gasteiger partial charge in [0.05, 0.1) is 4.91 Å². The summed E-state index contributed by atoms with van der Waals surface area (Å²) >= 11 is 2.37. The number of carbonyl (C=O) groups excluding carboxylic acids is 3. The third-order valence-electron chi connectivity index (χ3n) is 4.05. The monoisotopic (exact) mass is 440 g/mol. The van der Waals surface area contributed by atoms with Crippen LogP contribution in [0.1, 0.15) is 5.56 Å². The molecule has 1 saturated heterocycles. The molecule has 0 spiro atoms. The van der Waals surface area contributed by atoms with Crippen LogP contribution in [-0.2, 0) is 9.59 Å². The number of imide groups is 1. The molecule has 1 N–H and O–H groups in total. The molecule has 6 nitrogen and oxygen atoms in total. The molecule has 3 rings (SSSR count). The SMILES string of the molecule is C=CCOc1cccc(/C=C2/SC(=O)N(CC(=O)Nc3cccc(SC)c3)C2=O)c1. The first-order valence-corrected chi connectivity index (χ1v) is 11.1. The van der Waals surface area contributed by atoms with E-state index in [0.717, 1.165) is 27.1 Å². The minimum Gasteiger partial charge on any atom is -0.490 e. The summed E-state index contributed by atoms with van der Waals surface area (Å²) in [6.07, 6.45) is 5.20. The van der Waals surface area contributed by atoms with Gasteiger partial charge in [0, 0.05) is 10.6 Å². The third-order valence-corrected chi connectivity index (χ3v) is 5.69. The summed E-state index contributed by atoms with van der Waals surface area (Å²) in [7, 11) is 0. The molecule has 0 atom stereocenters. The number of nitrogens with one attached hydrogen (secondary N) is 1. The highest BCUT2D eigenvalue weighted by atomic mass is 32.2. The van der Waals surface area contributed by atoms with E-state index < -0.39 is 17.1 Å². The Hall–Kier alpha value is -2.97. The minimum atomic E-state index is -0.490. The lowest BCUT2D eigenvalue weighted by molar-refractivity contribution is -0.127. The Labute approximate surface area is 183 Å². The molecule has 0 unspecified atom stereocenters. The van der Waals surface area contributed by atoms with Gasteiger partial charge in [0.25, 0.3) is 11.1 Å². The number of ether oxygens (including phenoxy) is 1. The Balaban J connectivity index is 1.67. The van der Waals surface area contributed by atoms with Crippen molar-refractivity contribution in [3.63, 3.8) is 0 Å². The number of carbonyl (C=O) groups is 3. The molecule has 0 bridgehead atoms. The molecule has 1 fully saturated rings. The van der Waals surface area contributed by atoms with Gasteiger partial charge < -0.3 is 10.1 Å². The molecular formula is C22H20N2O4S2. The van der Waals surface area contributed by atoms with E-state index in [1.807, 2.05) is 24.5 Å². The van der Waals surface area contributed by atoms with Crippen molar-refractivity contribution in [2.45, 2.75) is 4.90 Å². The fourth-order valence-corrected chi connectivity index (χ4v) is 3.98. The smallest absolute Gasteiger partial charge is 0.294 e. The summed E-state index contributed by atoms with van der Waals surface area (Å²) in [5, 5.41) is 2.25. The number of nitrogens with zero attached hydrogens (tertiary/aromatic N) is 1. The number of hydrogen-bond acceptors (Lipinski definition) is 6. The summed E-state index contributed by atoms with van der Waals surface area (Å²) in [4.78, 5) is 39.5. The first-order chi connectivity index (χ1) is 14.5. The van der Waals surface area contributed by atoms with Crippen LogP contribution in [0.4, 0.5) is 10.5 Å². The van der Waals surface area contributed by atoms with Crippen LogP contribution in [0, 0.1) is 0 Å². The highest BCUT2D eigenvalue weighted by Crippen LogP contribution is 2.32. The molecular weight excluding hydrogens is 420 g/mol. The van der Waals surface area contributed by atoms with Crippen molar-refractivity contribution in [2.75, 3.05) is 24.7 Å². The number of amides is 3. The lowest BCUT2D eigenvalue weighted by atomic mass is 10.2. The zero-order chi connectivity index (χ0) is 21.5. The number of hydrogen-bond donors (Lipinski definition) is 1. The molecule has 0 radical (unpaired) electrons. The second kappa shape index (κ2) is 10.2. The fourth-order valence-electron chi connectivity index (χ4n) is 2.68. The van der Waals surface area contributed by atoms with Crippen molar-refractivity contribution in [1.29, 1.82) is 0 Å². The average molecular weight is 441 g/mol. The molecule has 1 aliphatic heterocycles. The van der Waals surface area contributed by atoms with Crippen LogP contribution in [0.25, 0.3) is 6.08 Å². The van der Waals surface area contributed by atoms with Gasteiger partial charge in [0.1, 0.15) is 18.9 Å². The van der Waals surface area contributed by atoms with E-state index in [2.05, 4.69) is 11.9 Å². The molecule has 1 heterocycles. The maximum Gasteiger partial charge on any atom is 0.294 e. The molecule has 0 aliphatic carbocycles. The fraction of sp³-hybridized carbons (Fsp3) is 0.136. The predicted molar refractivity (Wildman–Crippen MR) is 122 cm³/mol. The largest absolute Gasteiger partial charge is 0.490 e. The van der Waals surface area contributed by atoms with E-state index in [1.54, 1.807) is 54.2 Å². The van der Waals surface area contributed by atoms with Crippen LogP contribution in [0.5, 0.6) is 5.75 Å². The predicted octanol–water partition coefficient (Wildman–Crippen LogP) is 4.65. The number of benzene rings is 2. The van der Waals surface area contributed by atoms with Gasteiger partial charge in [-0.05, 0) is 60.0 Å². The highest BCUT2D eigenvalue weighted by molar-refractivity contribution is 8.18. The Morgan fingerprint density at radius 3 is 2.80 bits per heavy atom. The third kappa shape index (κ3) is 5.55. The lowest BCUT2D eigenvalue weighted by Crippen LogP contribution is -2.36. The molecule has 154 valence electrons. The van der Waals surface area contributed by atoms with Gasteiger partial charge >= 0.3 is 0 Å². The second-order valence-corrected chi connectivity index (χ2v) is 8.09. The van der Waals surface area contributed by atoms with E-state index in [1.165, 1.54) is 0 Å². The van der Waals surface area contributed by atoms with Crippen molar-refractivity contribution in [1.82, 2.24) is 4.90 Å². The Morgan fingerprint density at radius 2 is 2.03 bits per heavy atom. The first-order valence-electron chi connectivity index (χ1n) is 9.03. The zero-order valence-electron chi connectivity index (χ0n) is 16.3. The van der Waals surface area contributed by atoms with Crippen LogP contribution >= 0.6 is 23.5 Å². The number of thioether (sulfide) groups is 2. The van der Waals surface area contributed by atoms with E-state index in [9.17, 15) is 14.4 Å². The normalized spacial score (nSPS) is 14.8. The molecule has 30 heavy (non-hydrogen) atoms. The number of anilines is 1. The van der Waals surface area contributed by atoms with Crippen molar-refractivity contribution >= 4 is 52.3 Å². The van der Waals surface area contributed by atoms with Gasteiger partial charge in [-0.25, -0.2) is 0 Å². The van der Waals surface area contributed by atoms with Gasteiger partial charge in [-0.15, -0.1) is 11.8 Å². The minimum absolute atomic E-state index is 0.262.